The maximum atomic E-state index is 13.5. The smallest absolute Gasteiger partial charge is 0.332 e. The largest absolute Gasteiger partial charge is 0.493 e. The Morgan fingerprint density at radius 3 is 2.30 bits per heavy atom. The Kier molecular flexibility index (Phi) is 12.1. The minimum absolute atomic E-state index is 0.0130. The third-order valence-electron chi connectivity index (χ3n) is 7.17. The molecule has 1 aliphatic heterocycles. The minimum atomic E-state index is -1.41. The van der Waals surface area contributed by atoms with Gasteiger partial charge in [0.15, 0.2) is 36.1 Å². The summed E-state index contributed by atoms with van der Waals surface area (Å²) in [6.07, 6.45) is -0.687. The van der Waals surface area contributed by atoms with Crippen LogP contribution in [0.15, 0.2) is 72.9 Å². The van der Waals surface area contributed by atoms with Crippen LogP contribution in [0.4, 0.5) is 0 Å². The average Bonchev–Trinajstić information content (AvgIpc) is 3.09. The molecule has 2 aromatic carbocycles. The van der Waals surface area contributed by atoms with E-state index in [0.29, 0.717) is 0 Å². The number of nitrogens with zero attached hydrogens (tertiary/aromatic N) is 1. The lowest BCUT2D eigenvalue weighted by atomic mass is 9.91. The Morgan fingerprint density at radius 1 is 0.978 bits per heavy atom. The van der Waals surface area contributed by atoms with E-state index in [9.17, 15) is 19.2 Å². The topological polar surface area (TPSA) is 149 Å². The molecule has 2 heterocycles. The number of cyclic esters (lactones) is 2. The van der Waals surface area contributed by atoms with Crippen molar-refractivity contribution in [3.8, 4) is 11.5 Å². The second-order valence-corrected chi connectivity index (χ2v) is 10.9. The number of nitrogens with one attached hydrogen (secondary N) is 1. The third-order valence-corrected chi connectivity index (χ3v) is 7.17. The molecule has 1 aromatic heterocycles. The third kappa shape index (κ3) is 9.04. The van der Waals surface area contributed by atoms with Crippen LogP contribution in [-0.2, 0) is 46.4 Å². The van der Waals surface area contributed by atoms with Gasteiger partial charge in [0, 0.05) is 12.3 Å². The Hall–Kier alpha value is -4.97. The zero-order valence-electron chi connectivity index (χ0n) is 26.2. The summed E-state index contributed by atoms with van der Waals surface area (Å²) < 4.78 is 33.6. The highest BCUT2D eigenvalue weighted by Gasteiger charge is 2.42. The molecule has 12 nitrogen and oxygen atoms in total. The lowest BCUT2D eigenvalue weighted by Gasteiger charge is -2.29. The van der Waals surface area contributed by atoms with Gasteiger partial charge in [0.1, 0.15) is 18.6 Å². The zero-order chi connectivity index (χ0) is 33.1. The van der Waals surface area contributed by atoms with Gasteiger partial charge in [-0.1, -0.05) is 74.5 Å². The summed E-state index contributed by atoms with van der Waals surface area (Å²) >= 11 is 0. The van der Waals surface area contributed by atoms with Crippen molar-refractivity contribution < 1.29 is 47.6 Å². The number of carbonyl (C=O) groups excluding carboxylic acids is 4. The van der Waals surface area contributed by atoms with Crippen LogP contribution in [-0.4, -0.2) is 67.6 Å². The van der Waals surface area contributed by atoms with E-state index in [4.69, 9.17) is 28.4 Å². The van der Waals surface area contributed by atoms with E-state index in [1.54, 1.807) is 13.8 Å². The first kappa shape index (κ1) is 33.9. The van der Waals surface area contributed by atoms with Crippen molar-refractivity contribution in [1.29, 1.82) is 0 Å². The molecule has 244 valence electrons. The van der Waals surface area contributed by atoms with Gasteiger partial charge in [0.05, 0.1) is 19.6 Å². The second-order valence-electron chi connectivity index (χ2n) is 10.9. The van der Waals surface area contributed by atoms with Crippen molar-refractivity contribution in [3.05, 3.63) is 89.7 Å². The van der Waals surface area contributed by atoms with Crippen molar-refractivity contribution in [1.82, 2.24) is 10.3 Å². The Bertz CT molecular complexity index is 1480. The van der Waals surface area contributed by atoms with Crippen LogP contribution >= 0.6 is 0 Å². The van der Waals surface area contributed by atoms with Crippen LogP contribution in [0.2, 0.25) is 0 Å². The van der Waals surface area contributed by atoms with Gasteiger partial charge < -0.3 is 33.7 Å². The number of aromatic nitrogens is 1. The molecule has 1 N–H and O–H groups in total. The molecule has 1 saturated heterocycles. The van der Waals surface area contributed by atoms with Crippen LogP contribution in [0.3, 0.4) is 0 Å². The molecular formula is C34H38N2O10. The number of benzene rings is 2. The molecule has 4 atom stereocenters. The molecule has 4 rings (SSSR count). The fourth-order valence-electron chi connectivity index (χ4n) is 4.70. The molecule has 46 heavy (non-hydrogen) atoms. The standard InChI is InChI=1S/C34H38N2O10/c1-21(2)32(38)46-29-22(3)45-34(40)26(19-43-33(39)25(29)17-23-11-7-5-8-12-23)36-31(37)28-30(27(41-4)15-16-35-28)44-20-42-18-24-13-9-6-10-14-24/h5-16,21-22,25-26,29H,17-20H2,1-4H3,(H,36,37)/t22-,25+,26-,29-/m0/s1. The quantitative estimate of drug-likeness (QED) is 0.135. The summed E-state index contributed by atoms with van der Waals surface area (Å²) in [7, 11) is 1.40. The normalized spacial score (nSPS) is 19.9. The number of esters is 3. The number of amides is 1. The lowest BCUT2D eigenvalue weighted by Crippen LogP contribution is -2.47. The summed E-state index contributed by atoms with van der Waals surface area (Å²) in [5.41, 5.74) is 1.53. The average molecular weight is 635 g/mol. The van der Waals surface area contributed by atoms with Crippen LogP contribution < -0.4 is 14.8 Å². The number of hydrogen-bond donors (Lipinski definition) is 1. The minimum Gasteiger partial charge on any atom is -0.493 e. The van der Waals surface area contributed by atoms with Crippen LogP contribution in [0.5, 0.6) is 11.5 Å². The van der Waals surface area contributed by atoms with E-state index in [1.165, 1.54) is 26.3 Å². The van der Waals surface area contributed by atoms with E-state index >= 15 is 0 Å². The van der Waals surface area contributed by atoms with Gasteiger partial charge >= 0.3 is 17.9 Å². The molecule has 0 bridgehead atoms. The number of carbonyl (C=O) groups is 4. The maximum absolute atomic E-state index is 13.5. The highest BCUT2D eigenvalue weighted by molar-refractivity contribution is 5.98. The van der Waals surface area contributed by atoms with E-state index < -0.39 is 60.5 Å². The summed E-state index contributed by atoms with van der Waals surface area (Å²) in [6.45, 7) is 4.34. The van der Waals surface area contributed by atoms with Gasteiger partial charge in [-0.2, -0.15) is 0 Å². The number of hydrogen-bond acceptors (Lipinski definition) is 11. The number of methoxy groups -OCH3 is 1. The summed E-state index contributed by atoms with van der Waals surface area (Å²) in [6, 6.07) is 18.7. The number of pyridine rings is 1. The number of ether oxygens (including phenoxy) is 6. The van der Waals surface area contributed by atoms with E-state index in [2.05, 4.69) is 10.3 Å². The molecule has 0 unspecified atom stereocenters. The zero-order valence-corrected chi connectivity index (χ0v) is 26.2. The Labute approximate surface area is 267 Å². The predicted octanol–water partition coefficient (Wildman–Crippen LogP) is 3.66. The van der Waals surface area contributed by atoms with Crippen LogP contribution in [0.1, 0.15) is 42.4 Å². The van der Waals surface area contributed by atoms with Gasteiger partial charge in [-0.25, -0.2) is 9.78 Å². The first-order valence-corrected chi connectivity index (χ1v) is 14.9. The molecule has 0 radical (unpaired) electrons. The molecule has 0 saturated carbocycles. The summed E-state index contributed by atoms with van der Waals surface area (Å²) in [4.78, 5) is 57.0. The number of rotatable bonds is 12. The lowest BCUT2D eigenvalue weighted by molar-refractivity contribution is -0.176. The van der Waals surface area contributed by atoms with Crippen molar-refractivity contribution in [3.63, 3.8) is 0 Å². The molecule has 0 spiro atoms. The van der Waals surface area contributed by atoms with E-state index in [0.717, 1.165) is 11.1 Å². The van der Waals surface area contributed by atoms with Crippen LogP contribution in [0.25, 0.3) is 0 Å². The second kappa shape index (κ2) is 16.4. The maximum Gasteiger partial charge on any atom is 0.332 e. The van der Waals surface area contributed by atoms with Gasteiger partial charge in [0.25, 0.3) is 5.91 Å². The van der Waals surface area contributed by atoms with Crippen molar-refractivity contribution in [2.75, 3.05) is 20.5 Å². The fraction of sp³-hybridized carbons (Fsp3) is 0.382. The summed E-state index contributed by atoms with van der Waals surface area (Å²) in [5.74, 6) is -4.27. The molecule has 0 aliphatic carbocycles. The van der Waals surface area contributed by atoms with Crippen molar-refractivity contribution >= 4 is 23.8 Å². The van der Waals surface area contributed by atoms with Gasteiger partial charge in [0.2, 0.25) is 0 Å². The molecule has 1 fully saturated rings. The van der Waals surface area contributed by atoms with Crippen molar-refractivity contribution in [2.24, 2.45) is 11.8 Å². The van der Waals surface area contributed by atoms with Gasteiger partial charge in [-0.3, -0.25) is 14.4 Å². The Balaban J connectivity index is 1.51. The molecule has 3 aromatic rings. The SMILES string of the molecule is COc1ccnc(C(=O)N[C@H]2COC(=O)[C@H](Cc3ccccc3)[C@@H](OC(=O)C(C)C)[C@H](C)OC2=O)c1OCOCc1ccccc1. The van der Waals surface area contributed by atoms with Gasteiger partial charge in [-0.05, 0) is 24.5 Å². The van der Waals surface area contributed by atoms with E-state index in [-0.39, 0.29) is 37.0 Å². The fourth-order valence-corrected chi connectivity index (χ4v) is 4.70. The van der Waals surface area contributed by atoms with Crippen LogP contribution in [0, 0.1) is 11.8 Å². The van der Waals surface area contributed by atoms with Crippen molar-refractivity contribution in [2.45, 2.75) is 52.0 Å². The first-order valence-electron chi connectivity index (χ1n) is 14.9. The molecule has 1 aliphatic rings. The monoisotopic (exact) mass is 634 g/mol. The first-order chi connectivity index (χ1) is 22.2. The Morgan fingerprint density at radius 2 is 1.65 bits per heavy atom. The predicted molar refractivity (Wildman–Crippen MR) is 164 cm³/mol. The van der Waals surface area contributed by atoms with Gasteiger partial charge in [-0.15, -0.1) is 0 Å². The molecule has 12 heteroatoms. The van der Waals surface area contributed by atoms with E-state index in [1.807, 2.05) is 60.7 Å². The highest BCUT2D eigenvalue weighted by atomic mass is 16.7. The highest BCUT2D eigenvalue weighted by Crippen LogP contribution is 2.30. The molecule has 1 amide bonds. The molecular weight excluding hydrogens is 596 g/mol. The summed E-state index contributed by atoms with van der Waals surface area (Å²) in [5, 5.41) is 2.53.